The molecule has 0 amide bonds. The van der Waals surface area contributed by atoms with Crippen molar-refractivity contribution in [2.24, 2.45) is 18.9 Å². The Morgan fingerprint density at radius 1 is 1.29 bits per heavy atom. The summed E-state index contributed by atoms with van der Waals surface area (Å²) >= 11 is 0. The second-order valence-corrected chi connectivity index (χ2v) is 6.30. The smallest absolute Gasteiger partial charge is 0.306 e. The lowest BCUT2D eigenvalue weighted by Crippen LogP contribution is -2.06. The lowest BCUT2D eigenvalue weighted by atomic mass is 10.0. The molecule has 1 saturated carbocycles. The van der Waals surface area contributed by atoms with Crippen LogP contribution in [-0.4, -0.2) is 27.2 Å². The zero-order valence-corrected chi connectivity index (χ0v) is 13.3. The molecule has 1 aromatic carbocycles. The van der Waals surface area contributed by atoms with Crippen molar-refractivity contribution >= 4 is 17.0 Å². The van der Waals surface area contributed by atoms with Crippen LogP contribution in [-0.2, 0) is 11.8 Å². The SMILES string of the molecule is Cn1ccc2c(-c3ccc(OC[C@@H]4C[C@H]4C(=O)O)cc3)ccnc21. The van der Waals surface area contributed by atoms with Crippen LogP contribution in [0.5, 0.6) is 5.75 Å². The average molecular weight is 322 g/mol. The standard InChI is InChI=1S/C19H18N2O3/c1-21-9-7-16-15(6-8-20-18(16)21)12-2-4-14(5-3-12)24-11-13-10-17(13)19(22)23/h2-9,13,17H,10-11H2,1H3,(H,22,23)/t13-,17+/m0/s1. The quantitative estimate of drug-likeness (QED) is 0.782. The van der Waals surface area contributed by atoms with E-state index in [1.807, 2.05) is 54.3 Å². The van der Waals surface area contributed by atoms with Gasteiger partial charge in [0.25, 0.3) is 0 Å². The molecule has 2 aromatic heterocycles. The van der Waals surface area contributed by atoms with Gasteiger partial charge in [0.1, 0.15) is 11.4 Å². The van der Waals surface area contributed by atoms with E-state index in [0.29, 0.717) is 6.61 Å². The summed E-state index contributed by atoms with van der Waals surface area (Å²) in [7, 11) is 1.98. The van der Waals surface area contributed by atoms with Gasteiger partial charge in [0.2, 0.25) is 0 Å². The van der Waals surface area contributed by atoms with Crippen LogP contribution in [0.25, 0.3) is 22.2 Å². The van der Waals surface area contributed by atoms with Crippen molar-refractivity contribution in [3.8, 4) is 16.9 Å². The van der Waals surface area contributed by atoms with E-state index in [0.717, 1.165) is 34.3 Å². The minimum Gasteiger partial charge on any atom is -0.493 e. The summed E-state index contributed by atoms with van der Waals surface area (Å²) in [6.07, 6.45) is 4.55. The van der Waals surface area contributed by atoms with E-state index in [4.69, 9.17) is 9.84 Å². The maximum Gasteiger partial charge on any atom is 0.306 e. The predicted octanol–water partition coefficient (Wildman–Crippen LogP) is 3.34. The summed E-state index contributed by atoms with van der Waals surface area (Å²) in [6, 6.07) is 12.0. The van der Waals surface area contributed by atoms with Crippen molar-refractivity contribution in [3.63, 3.8) is 0 Å². The van der Waals surface area contributed by atoms with Crippen molar-refractivity contribution in [1.82, 2.24) is 9.55 Å². The van der Waals surface area contributed by atoms with Crippen molar-refractivity contribution in [2.75, 3.05) is 6.61 Å². The number of carboxylic acids is 1. The Kier molecular flexibility index (Phi) is 3.49. The second kappa shape index (κ2) is 5.67. The molecule has 0 bridgehead atoms. The Bertz CT molecular complexity index is 899. The first-order chi connectivity index (χ1) is 11.6. The molecular formula is C19H18N2O3. The molecule has 0 radical (unpaired) electrons. The number of rotatable bonds is 5. The monoisotopic (exact) mass is 322 g/mol. The number of aryl methyl sites for hydroxylation is 1. The molecule has 1 aliphatic rings. The maximum absolute atomic E-state index is 10.8. The molecule has 3 aromatic rings. The highest BCUT2D eigenvalue weighted by molar-refractivity contribution is 5.93. The van der Waals surface area contributed by atoms with Crippen molar-refractivity contribution in [3.05, 3.63) is 48.8 Å². The summed E-state index contributed by atoms with van der Waals surface area (Å²) in [5, 5.41) is 10.0. The van der Waals surface area contributed by atoms with E-state index in [2.05, 4.69) is 11.1 Å². The van der Waals surface area contributed by atoms with Crippen LogP contribution in [0.3, 0.4) is 0 Å². The molecule has 122 valence electrons. The fourth-order valence-corrected chi connectivity index (χ4v) is 3.08. The number of aliphatic carboxylic acids is 1. The molecule has 0 unspecified atom stereocenters. The largest absolute Gasteiger partial charge is 0.493 e. The molecule has 0 aliphatic heterocycles. The van der Waals surface area contributed by atoms with E-state index >= 15 is 0 Å². The number of carboxylic acid groups (broad SMARTS) is 1. The molecule has 5 nitrogen and oxygen atoms in total. The number of aromatic nitrogens is 2. The zero-order valence-electron chi connectivity index (χ0n) is 13.3. The number of hydrogen-bond acceptors (Lipinski definition) is 3. The van der Waals surface area contributed by atoms with E-state index in [1.165, 1.54) is 0 Å². The number of nitrogens with zero attached hydrogens (tertiary/aromatic N) is 2. The molecule has 0 spiro atoms. The van der Waals surface area contributed by atoms with Gasteiger partial charge in [-0.15, -0.1) is 0 Å². The molecule has 24 heavy (non-hydrogen) atoms. The Labute approximate surface area is 139 Å². The van der Waals surface area contributed by atoms with Gasteiger partial charge in [0.05, 0.1) is 12.5 Å². The minimum absolute atomic E-state index is 0.145. The molecule has 2 atom stereocenters. The average Bonchev–Trinajstić information content (AvgIpc) is 3.29. The Hall–Kier alpha value is -2.82. The normalized spacial score (nSPS) is 19.4. The zero-order chi connectivity index (χ0) is 16.7. The lowest BCUT2D eigenvalue weighted by Gasteiger charge is -2.08. The van der Waals surface area contributed by atoms with Gasteiger partial charge in [0.15, 0.2) is 0 Å². The third-order valence-corrected chi connectivity index (χ3v) is 4.64. The molecule has 5 heteroatoms. The summed E-state index contributed by atoms with van der Waals surface area (Å²) in [5.74, 6) is -0.0320. The maximum atomic E-state index is 10.8. The first-order valence-electron chi connectivity index (χ1n) is 7.99. The van der Waals surface area contributed by atoms with Gasteiger partial charge in [-0.2, -0.15) is 0 Å². The van der Waals surface area contributed by atoms with Crippen molar-refractivity contribution in [1.29, 1.82) is 0 Å². The number of benzene rings is 1. The number of pyridine rings is 1. The van der Waals surface area contributed by atoms with E-state index in [1.54, 1.807) is 0 Å². The van der Waals surface area contributed by atoms with Crippen LogP contribution in [0, 0.1) is 11.8 Å². The summed E-state index contributed by atoms with van der Waals surface area (Å²) in [4.78, 5) is 15.2. The minimum atomic E-state index is -0.719. The van der Waals surface area contributed by atoms with Crippen LogP contribution in [0.15, 0.2) is 48.8 Å². The van der Waals surface area contributed by atoms with E-state index < -0.39 is 5.97 Å². The number of fused-ring (bicyclic) bond motifs is 1. The van der Waals surface area contributed by atoms with Gasteiger partial charge in [-0.3, -0.25) is 4.79 Å². The lowest BCUT2D eigenvalue weighted by molar-refractivity contribution is -0.138. The van der Waals surface area contributed by atoms with Crippen molar-refractivity contribution in [2.45, 2.75) is 6.42 Å². The molecule has 0 saturated heterocycles. The van der Waals surface area contributed by atoms with Crippen LogP contribution >= 0.6 is 0 Å². The van der Waals surface area contributed by atoms with Gasteiger partial charge in [-0.1, -0.05) is 12.1 Å². The predicted molar refractivity (Wildman–Crippen MR) is 90.9 cm³/mol. The molecule has 1 N–H and O–H groups in total. The molecular weight excluding hydrogens is 304 g/mol. The highest BCUT2D eigenvalue weighted by Gasteiger charge is 2.43. The third kappa shape index (κ3) is 2.62. The molecule has 1 aliphatic carbocycles. The highest BCUT2D eigenvalue weighted by Crippen LogP contribution is 2.39. The third-order valence-electron chi connectivity index (χ3n) is 4.64. The fraction of sp³-hybridized carbons (Fsp3) is 0.263. The fourth-order valence-electron chi connectivity index (χ4n) is 3.08. The molecule has 2 heterocycles. The van der Waals surface area contributed by atoms with E-state index in [9.17, 15) is 4.79 Å². The topological polar surface area (TPSA) is 64.3 Å². The van der Waals surface area contributed by atoms with Crippen LogP contribution < -0.4 is 4.74 Å². The number of carbonyl (C=O) groups is 1. The first kappa shape index (κ1) is 14.8. The number of hydrogen-bond donors (Lipinski definition) is 1. The molecule has 1 fully saturated rings. The van der Waals surface area contributed by atoms with Crippen LogP contribution in [0.4, 0.5) is 0 Å². The molecule has 4 rings (SSSR count). The van der Waals surface area contributed by atoms with Gasteiger partial charge in [0, 0.05) is 30.7 Å². The van der Waals surface area contributed by atoms with Gasteiger partial charge in [-0.05, 0) is 41.8 Å². The highest BCUT2D eigenvalue weighted by atomic mass is 16.5. The van der Waals surface area contributed by atoms with Gasteiger partial charge in [-0.25, -0.2) is 4.98 Å². The summed E-state index contributed by atoms with van der Waals surface area (Å²) < 4.78 is 7.72. The Balaban J connectivity index is 1.50. The van der Waals surface area contributed by atoms with Gasteiger partial charge >= 0.3 is 5.97 Å². The Morgan fingerprint density at radius 2 is 2.08 bits per heavy atom. The van der Waals surface area contributed by atoms with Crippen LogP contribution in [0.1, 0.15) is 6.42 Å². The second-order valence-electron chi connectivity index (χ2n) is 6.30. The summed E-state index contributed by atoms with van der Waals surface area (Å²) in [5.41, 5.74) is 3.21. The van der Waals surface area contributed by atoms with Crippen molar-refractivity contribution < 1.29 is 14.6 Å². The Morgan fingerprint density at radius 3 is 2.79 bits per heavy atom. The van der Waals surface area contributed by atoms with Gasteiger partial charge < -0.3 is 14.4 Å². The number of ether oxygens (including phenoxy) is 1. The first-order valence-corrected chi connectivity index (χ1v) is 7.99. The summed E-state index contributed by atoms with van der Waals surface area (Å²) in [6.45, 7) is 0.467. The van der Waals surface area contributed by atoms with E-state index in [-0.39, 0.29) is 11.8 Å². The van der Waals surface area contributed by atoms with Crippen LogP contribution in [0.2, 0.25) is 0 Å².